The van der Waals surface area contributed by atoms with Crippen molar-refractivity contribution >= 4 is 17.6 Å². The number of aliphatic hydroxyl groups excluding tert-OH is 1. The Morgan fingerprint density at radius 3 is 2.62 bits per heavy atom. The Morgan fingerprint density at radius 2 is 1.93 bits per heavy atom. The summed E-state index contributed by atoms with van der Waals surface area (Å²) < 4.78 is 19.6. The van der Waals surface area contributed by atoms with Gasteiger partial charge in [0.2, 0.25) is 5.91 Å². The molecule has 0 aromatic heterocycles. The Bertz CT molecular complexity index is 711. The SMILES string of the molecule is CN1CCN(C(=O)C[C@@H]2CC[C@H](NC(=O)Nc3ccccc3F)[C@@H](CO)O2)CC1. The topological polar surface area (TPSA) is 94.1 Å². The minimum absolute atomic E-state index is 0.0588. The summed E-state index contributed by atoms with van der Waals surface area (Å²) in [5.74, 6) is -0.466. The summed E-state index contributed by atoms with van der Waals surface area (Å²) in [6.07, 6.45) is 0.540. The summed E-state index contributed by atoms with van der Waals surface area (Å²) in [5, 5.41) is 14.9. The molecule has 2 aliphatic rings. The van der Waals surface area contributed by atoms with Gasteiger partial charge in [-0.3, -0.25) is 4.79 Å². The molecule has 8 nitrogen and oxygen atoms in total. The molecule has 0 aliphatic carbocycles. The number of benzene rings is 1. The van der Waals surface area contributed by atoms with Crippen LogP contribution >= 0.6 is 0 Å². The number of para-hydroxylation sites is 1. The molecule has 0 radical (unpaired) electrons. The molecule has 3 atom stereocenters. The lowest BCUT2D eigenvalue weighted by atomic mass is 9.97. The van der Waals surface area contributed by atoms with Gasteiger partial charge in [-0.2, -0.15) is 0 Å². The van der Waals surface area contributed by atoms with Crippen molar-refractivity contribution in [2.75, 3.05) is 45.2 Å². The lowest BCUT2D eigenvalue weighted by Gasteiger charge is -2.37. The molecule has 1 aromatic rings. The van der Waals surface area contributed by atoms with Crippen molar-refractivity contribution in [1.82, 2.24) is 15.1 Å². The van der Waals surface area contributed by atoms with Gasteiger partial charge in [0, 0.05) is 26.2 Å². The zero-order valence-corrected chi connectivity index (χ0v) is 16.6. The van der Waals surface area contributed by atoms with E-state index < -0.39 is 24.0 Å². The molecule has 0 spiro atoms. The predicted molar refractivity (Wildman–Crippen MR) is 106 cm³/mol. The van der Waals surface area contributed by atoms with Crippen molar-refractivity contribution < 1.29 is 23.8 Å². The molecule has 2 saturated heterocycles. The number of piperazine rings is 1. The number of rotatable bonds is 5. The van der Waals surface area contributed by atoms with Crippen molar-refractivity contribution in [1.29, 1.82) is 0 Å². The average Bonchev–Trinajstić information content (AvgIpc) is 2.71. The third kappa shape index (κ3) is 5.88. The fraction of sp³-hybridized carbons (Fsp3) is 0.600. The number of nitrogens with one attached hydrogen (secondary N) is 2. The number of nitrogens with zero attached hydrogens (tertiary/aromatic N) is 2. The van der Waals surface area contributed by atoms with Crippen LogP contribution in [0.5, 0.6) is 0 Å². The second-order valence-corrected chi connectivity index (χ2v) is 7.63. The second kappa shape index (κ2) is 10.00. The minimum atomic E-state index is -0.611. The van der Waals surface area contributed by atoms with Crippen LogP contribution in [-0.4, -0.2) is 84.9 Å². The number of carbonyl (C=O) groups is 2. The van der Waals surface area contributed by atoms with E-state index in [1.165, 1.54) is 12.1 Å². The van der Waals surface area contributed by atoms with E-state index in [4.69, 9.17) is 4.74 Å². The van der Waals surface area contributed by atoms with E-state index in [2.05, 4.69) is 15.5 Å². The molecule has 160 valence electrons. The number of hydrogen-bond donors (Lipinski definition) is 3. The van der Waals surface area contributed by atoms with Gasteiger partial charge in [-0.05, 0) is 32.0 Å². The van der Waals surface area contributed by atoms with Crippen LogP contribution < -0.4 is 10.6 Å². The van der Waals surface area contributed by atoms with Crippen molar-refractivity contribution in [2.24, 2.45) is 0 Å². The van der Waals surface area contributed by atoms with E-state index in [1.54, 1.807) is 12.1 Å². The number of amides is 3. The van der Waals surface area contributed by atoms with E-state index in [0.29, 0.717) is 25.9 Å². The number of urea groups is 1. The van der Waals surface area contributed by atoms with E-state index in [9.17, 15) is 19.1 Å². The standard InChI is InChI=1S/C20H29FN4O4/c1-24-8-10-25(11-9-24)19(27)12-14-6-7-17(18(13-26)29-14)23-20(28)22-16-5-3-2-4-15(16)21/h2-5,14,17-18,26H,6-13H2,1H3,(H2,22,23,28)/t14-,17-,18+/m0/s1. The molecule has 3 rings (SSSR count). The minimum Gasteiger partial charge on any atom is -0.394 e. The summed E-state index contributed by atoms with van der Waals surface area (Å²) in [7, 11) is 2.04. The Kier molecular flexibility index (Phi) is 7.40. The van der Waals surface area contributed by atoms with Gasteiger partial charge in [-0.15, -0.1) is 0 Å². The maximum atomic E-state index is 13.7. The quantitative estimate of drug-likeness (QED) is 0.676. The number of carbonyl (C=O) groups excluding carboxylic acids is 2. The molecule has 2 aliphatic heterocycles. The molecule has 0 saturated carbocycles. The average molecular weight is 408 g/mol. The van der Waals surface area contributed by atoms with Crippen LogP contribution in [0.3, 0.4) is 0 Å². The predicted octanol–water partition coefficient (Wildman–Crippen LogP) is 1.02. The molecule has 1 aromatic carbocycles. The molecule has 3 N–H and O–H groups in total. The smallest absolute Gasteiger partial charge is 0.319 e. The molecule has 9 heteroatoms. The molecular weight excluding hydrogens is 379 g/mol. The molecule has 3 amide bonds. The van der Waals surface area contributed by atoms with Crippen LogP contribution in [0, 0.1) is 5.82 Å². The highest BCUT2D eigenvalue weighted by atomic mass is 19.1. The first-order chi connectivity index (χ1) is 14.0. The van der Waals surface area contributed by atoms with Crippen LogP contribution in [0.1, 0.15) is 19.3 Å². The summed E-state index contributed by atoms with van der Waals surface area (Å²) in [5.41, 5.74) is 0.0814. The van der Waals surface area contributed by atoms with Crippen molar-refractivity contribution in [3.8, 4) is 0 Å². The zero-order chi connectivity index (χ0) is 20.8. The number of anilines is 1. The Hall–Kier alpha value is -2.23. The number of halogens is 1. The summed E-state index contributed by atoms with van der Waals surface area (Å²) in [6, 6.07) is 4.92. The van der Waals surface area contributed by atoms with Gasteiger partial charge < -0.3 is 30.3 Å². The number of likely N-dealkylation sites (N-methyl/N-ethyl adjacent to an activating group) is 1. The van der Waals surface area contributed by atoms with Gasteiger partial charge in [0.1, 0.15) is 11.9 Å². The van der Waals surface area contributed by atoms with Gasteiger partial charge in [-0.25, -0.2) is 9.18 Å². The van der Waals surface area contributed by atoms with Crippen molar-refractivity contribution in [3.05, 3.63) is 30.1 Å². The number of hydrogen-bond acceptors (Lipinski definition) is 5. The lowest BCUT2D eigenvalue weighted by Crippen LogP contribution is -2.53. The second-order valence-electron chi connectivity index (χ2n) is 7.63. The fourth-order valence-corrected chi connectivity index (χ4v) is 3.72. The zero-order valence-electron chi connectivity index (χ0n) is 16.6. The van der Waals surface area contributed by atoms with E-state index in [0.717, 1.165) is 13.1 Å². The monoisotopic (exact) mass is 408 g/mol. The largest absolute Gasteiger partial charge is 0.394 e. The lowest BCUT2D eigenvalue weighted by molar-refractivity contribution is -0.141. The van der Waals surface area contributed by atoms with Crippen LogP contribution in [0.4, 0.5) is 14.9 Å². The third-order valence-electron chi connectivity index (χ3n) is 5.49. The highest BCUT2D eigenvalue weighted by molar-refractivity contribution is 5.89. The Balaban J connectivity index is 1.48. The van der Waals surface area contributed by atoms with E-state index in [-0.39, 0.29) is 30.7 Å². The highest BCUT2D eigenvalue weighted by Gasteiger charge is 2.34. The molecule has 2 heterocycles. The maximum Gasteiger partial charge on any atom is 0.319 e. The van der Waals surface area contributed by atoms with Crippen LogP contribution in [0.15, 0.2) is 24.3 Å². The molecule has 0 bridgehead atoms. The van der Waals surface area contributed by atoms with Gasteiger partial charge >= 0.3 is 6.03 Å². The summed E-state index contributed by atoms with van der Waals surface area (Å²) in [4.78, 5) is 28.7. The van der Waals surface area contributed by atoms with E-state index in [1.807, 2.05) is 11.9 Å². The van der Waals surface area contributed by atoms with Gasteiger partial charge in [0.05, 0.1) is 30.9 Å². The van der Waals surface area contributed by atoms with Gasteiger partial charge in [0.25, 0.3) is 0 Å². The highest BCUT2D eigenvalue weighted by Crippen LogP contribution is 2.23. The van der Waals surface area contributed by atoms with Crippen LogP contribution in [0.2, 0.25) is 0 Å². The first-order valence-electron chi connectivity index (χ1n) is 10.0. The maximum absolute atomic E-state index is 13.7. The summed E-state index contributed by atoms with van der Waals surface area (Å²) in [6.45, 7) is 2.88. The normalized spacial score (nSPS) is 25.5. The first-order valence-corrected chi connectivity index (χ1v) is 10.0. The number of ether oxygens (including phenoxy) is 1. The molecule has 0 unspecified atom stereocenters. The molecular formula is C20H29FN4O4. The van der Waals surface area contributed by atoms with Crippen LogP contribution in [-0.2, 0) is 9.53 Å². The Labute approximate surface area is 170 Å². The van der Waals surface area contributed by atoms with Crippen molar-refractivity contribution in [2.45, 2.75) is 37.5 Å². The third-order valence-corrected chi connectivity index (χ3v) is 5.49. The van der Waals surface area contributed by atoms with Crippen LogP contribution in [0.25, 0.3) is 0 Å². The fourth-order valence-electron chi connectivity index (χ4n) is 3.72. The Morgan fingerprint density at radius 1 is 1.21 bits per heavy atom. The molecule has 29 heavy (non-hydrogen) atoms. The van der Waals surface area contributed by atoms with Gasteiger partial charge in [-0.1, -0.05) is 12.1 Å². The first kappa shape index (κ1) is 21.5. The van der Waals surface area contributed by atoms with Gasteiger partial charge in [0.15, 0.2) is 0 Å². The van der Waals surface area contributed by atoms with E-state index >= 15 is 0 Å². The van der Waals surface area contributed by atoms with Crippen molar-refractivity contribution in [3.63, 3.8) is 0 Å². The number of aliphatic hydroxyl groups is 1. The summed E-state index contributed by atoms with van der Waals surface area (Å²) >= 11 is 0. The molecule has 2 fully saturated rings.